The number of phenols is 2. The van der Waals surface area contributed by atoms with Crippen molar-refractivity contribution in [2.75, 3.05) is 44.2 Å². The van der Waals surface area contributed by atoms with Gasteiger partial charge in [-0.2, -0.15) is 8.61 Å². The van der Waals surface area contributed by atoms with E-state index in [1.54, 1.807) is 6.07 Å². The van der Waals surface area contributed by atoms with Gasteiger partial charge in [-0.15, -0.1) is 0 Å². The second-order valence-electron chi connectivity index (χ2n) is 7.84. The third-order valence-corrected chi connectivity index (χ3v) is 9.78. The molecule has 0 aliphatic carbocycles. The van der Waals surface area contributed by atoms with E-state index in [1.807, 2.05) is 0 Å². The molecule has 0 saturated carbocycles. The van der Waals surface area contributed by atoms with Crippen molar-refractivity contribution in [2.45, 2.75) is 16.2 Å². The highest BCUT2D eigenvalue weighted by atomic mass is 32.2. The van der Waals surface area contributed by atoms with E-state index in [-0.39, 0.29) is 41.5 Å². The van der Waals surface area contributed by atoms with E-state index in [2.05, 4.69) is 15.2 Å². The van der Waals surface area contributed by atoms with Crippen LogP contribution in [0.4, 0.5) is 5.69 Å². The van der Waals surface area contributed by atoms with Crippen LogP contribution in [-0.4, -0.2) is 85.2 Å². The van der Waals surface area contributed by atoms with Gasteiger partial charge in [0.05, 0.1) is 10.6 Å². The number of rotatable bonds is 5. The molecule has 176 valence electrons. The summed E-state index contributed by atoms with van der Waals surface area (Å²) in [7, 11) is -7.95. The summed E-state index contributed by atoms with van der Waals surface area (Å²) in [6.45, 7) is 1.43. The molecule has 0 spiro atoms. The molecule has 2 aromatic carbocycles. The van der Waals surface area contributed by atoms with Crippen molar-refractivity contribution in [3.8, 4) is 11.5 Å². The molecule has 5 rings (SSSR count). The smallest absolute Gasteiger partial charge is 0.245 e. The number of aromatic hydroxyl groups is 2. The largest absolute Gasteiger partial charge is 0.504 e. The van der Waals surface area contributed by atoms with E-state index in [0.717, 1.165) is 41.6 Å². The molecule has 12 nitrogen and oxygen atoms in total. The maximum absolute atomic E-state index is 13.3. The number of hydrogen-bond donors (Lipinski definition) is 2. The van der Waals surface area contributed by atoms with Crippen molar-refractivity contribution < 1.29 is 31.7 Å². The number of sulfonamides is 2. The van der Waals surface area contributed by atoms with Crippen LogP contribution < -0.4 is 4.90 Å². The molecule has 33 heavy (non-hydrogen) atoms. The van der Waals surface area contributed by atoms with Crippen LogP contribution in [0.15, 0.2) is 44.8 Å². The van der Waals surface area contributed by atoms with Crippen LogP contribution in [0.1, 0.15) is 6.42 Å². The van der Waals surface area contributed by atoms with E-state index >= 15 is 0 Å². The van der Waals surface area contributed by atoms with Crippen molar-refractivity contribution >= 4 is 36.8 Å². The van der Waals surface area contributed by atoms with E-state index in [4.69, 9.17) is 4.63 Å². The Morgan fingerprint density at radius 1 is 0.758 bits per heavy atom. The molecule has 0 amide bonds. The van der Waals surface area contributed by atoms with Gasteiger partial charge in [0.2, 0.25) is 20.0 Å². The van der Waals surface area contributed by atoms with Gasteiger partial charge >= 0.3 is 0 Å². The fourth-order valence-corrected chi connectivity index (χ4v) is 6.94. The number of benzene rings is 2. The molecule has 2 N–H and O–H groups in total. The first-order valence-electron chi connectivity index (χ1n) is 10.2. The highest BCUT2D eigenvalue weighted by Crippen LogP contribution is 2.34. The Hall–Kier alpha value is -2.94. The molecule has 14 heteroatoms. The van der Waals surface area contributed by atoms with Gasteiger partial charge in [-0.25, -0.2) is 21.5 Å². The summed E-state index contributed by atoms with van der Waals surface area (Å²) >= 11 is 0. The highest BCUT2D eigenvalue weighted by Gasteiger charge is 2.36. The zero-order valence-corrected chi connectivity index (χ0v) is 19.0. The molecule has 3 aromatic rings. The summed E-state index contributed by atoms with van der Waals surface area (Å²) in [6, 6.07) is 6.40. The second kappa shape index (κ2) is 7.83. The highest BCUT2D eigenvalue weighted by molar-refractivity contribution is 7.89. The Kier molecular flexibility index (Phi) is 5.19. The maximum Gasteiger partial charge on any atom is 0.245 e. The summed E-state index contributed by atoms with van der Waals surface area (Å²) in [4.78, 5) is 1.84. The molecule has 3 heterocycles. The summed E-state index contributed by atoms with van der Waals surface area (Å²) in [5.74, 6) is -0.983. The molecule has 2 aliphatic rings. The molecule has 2 saturated heterocycles. The summed E-state index contributed by atoms with van der Waals surface area (Å²) in [6.07, 6.45) is 1.05. The quantitative estimate of drug-likeness (QED) is 0.479. The van der Waals surface area contributed by atoms with Gasteiger partial charge in [0.15, 0.2) is 22.5 Å². The number of nitrogens with zero attached hydrogens (tertiary/aromatic N) is 5. The van der Waals surface area contributed by atoms with Gasteiger partial charge in [0.1, 0.15) is 4.90 Å². The molecule has 2 fully saturated rings. The summed E-state index contributed by atoms with van der Waals surface area (Å²) in [5, 5.41) is 26.8. The van der Waals surface area contributed by atoms with Crippen LogP contribution in [0.25, 0.3) is 11.0 Å². The van der Waals surface area contributed by atoms with E-state index in [1.165, 1.54) is 16.4 Å². The molecular weight excluding hydrogens is 474 g/mol. The Balaban J connectivity index is 1.38. The van der Waals surface area contributed by atoms with Gasteiger partial charge < -0.3 is 15.1 Å². The van der Waals surface area contributed by atoms with Crippen LogP contribution in [0.2, 0.25) is 0 Å². The average Bonchev–Trinajstić information content (AvgIpc) is 3.24. The Morgan fingerprint density at radius 2 is 1.39 bits per heavy atom. The molecular formula is C19H21N5O7S2. The first-order chi connectivity index (χ1) is 15.7. The molecule has 0 radical (unpaired) electrons. The van der Waals surface area contributed by atoms with Crippen molar-refractivity contribution in [3.05, 3.63) is 30.3 Å². The molecule has 0 atom stereocenters. The van der Waals surface area contributed by atoms with E-state index in [9.17, 15) is 27.0 Å². The minimum absolute atomic E-state index is 0.0391. The lowest BCUT2D eigenvalue weighted by Gasteiger charge is -2.34. The SMILES string of the molecule is O=S(=O)(c1ccc(O)c(O)c1)N1CCN(S(=O)(=O)c2ccc(N3CCC3)c3nonc23)CC1. The van der Waals surface area contributed by atoms with Gasteiger partial charge in [0.25, 0.3) is 0 Å². The number of aromatic nitrogens is 2. The van der Waals surface area contributed by atoms with Crippen LogP contribution in [0.5, 0.6) is 11.5 Å². The van der Waals surface area contributed by atoms with Crippen molar-refractivity contribution in [1.82, 2.24) is 18.9 Å². The average molecular weight is 496 g/mol. The first-order valence-corrected chi connectivity index (χ1v) is 13.1. The van der Waals surface area contributed by atoms with Gasteiger partial charge in [0, 0.05) is 45.3 Å². The zero-order valence-electron chi connectivity index (χ0n) is 17.3. The number of piperazine rings is 1. The van der Waals surface area contributed by atoms with Gasteiger partial charge in [-0.3, -0.25) is 0 Å². The fourth-order valence-electron chi connectivity index (χ4n) is 3.95. The lowest BCUT2D eigenvalue weighted by molar-refractivity contribution is 0.272. The second-order valence-corrected chi connectivity index (χ2v) is 11.7. The van der Waals surface area contributed by atoms with Gasteiger partial charge in [-0.05, 0) is 41.0 Å². The minimum Gasteiger partial charge on any atom is -0.504 e. The Morgan fingerprint density at radius 3 is 2.00 bits per heavy atom. The summed E-state index contributed by atoms with van der Waals surface area (Å²) in [5.41, 5.74) is 1.29. The van der Waals surface area contributed by atoms with Crippen LogP contribution >= 0.6 is 0 Å². The maximum atomic E-state index is 13.3. The third-order valence-electron chi connectivity index (χ3n) is 5.95. The molecule has 2 aliphatic heterocycles. The van der Waals surface area contributed by atoms with E-state index < -0.39 is 31.5 Å². The van der Waals surface area contributed by atoms with Crippen LogP contribution in [0.3, 0.4) is 0 Å². The zero-order chi connectivity index (χ0) is 23.4. The third kappa shape index (κ3) is 3.58. The molecule has 0 unspecified atom stereocenters. The monoisotopic (exact) mass is 495 g/mol. The van der Waals surface area contributed by atoms with Crippen LogP contribution in [0, 0.1) is 0 Å². The van der Waals surface area contributed by atoms with E-state index in [0.29, 0.717) is 5.52 Å². The fraction of sp³-hybridized carbons (Fsp3) is 0.368. The standard InChI is InChI=1S/C19H21N5O7S2/c25-15-4-2-13(12-16(15)26)32(27,28)23-8-10-24(11-9-23)33(29,30)17-5-3-14(22-6-1-7-22)18-19(17)21-31-20-18/h2-5,12,25-26H,1,6-11H2. The lowest BCUT2D eigenvalue weighted by Crippen LogP contribution is -2.50. The Labute approximate surface area is 189 Å². The topological polar surface area (TPSA) is 157 Å². The minimum atomic E-state index is -3.98. The van der Waals surface area contributed by atoms with Gasteiger partial charge in [-0.1, -0.05) is 0 Å². The van der Waals surface area contributed by atoms with Crippen molar-refractivity contribution in [3.63, 3.8) is 0 Å². The normalized spacial score (nSPS) is 18.5. The first kappa shape index (κ1) is 21.9. The lowest BCUT2D eigenvalue weighted by atomic mass is 10.1. The number of fused-ring (bicyclic) bond motifs is 1. The van der Waals surface area contributed by atoms with Crippen LogP contribution in [-0.2, 0) is 20.0 Å². The number of hydrogen-bond acceptors (Lipinski definition) is 10. The van der Waals surface area contributed by atoms with Crippen molar-refractivity contribution in [2.24, 2.45) is 0 Å². The van der Waals surface area contributed by atoms with Crippen molar-refractivity contribution in [1.29, 1.82) is 0 Å². The predicted molar refractivity (Wildman–Crippen MR) is 116 cm³/mol. The number of phenolic OH excluding ortho intramolecular Hbond substituents is 2. The summed E-state index contributed by atoms with van der Waals surface area (Å²) < 4.78 is 59.7. The molecule has 1 aromatic heterocycles. The Bertz CT molecular complexity index is 1430. The molecule has 0 bridgehead atoms. The predicted octanol–water partition coefficient (Wildman–Crippen LogP) is 0.539. The number of anilines is 1.